The van der Waals surface area contributed by atoms with Gasteiger partial charge in [-0.3, -0.25) is 4.79 Å². The summed E-state index contributed by atoms with van der Waals surface area (Å²) in [5.41, 5.74) is 1.36. The van der Waals surface area contributed by atoms with E-state index < -0.39 is 0 Å². The molecule has 3 amide bonds. The van der Waals surface area contributed by atoms with Gasteiger partial charge in [-0.15, -0.1) is 0 Å². The molecule has 1 unspecified atom stereocenters. The number of fused-ring (bicyclic) bond motifs is 1. The Morgan fingerprint density at radius 3 is 3.08 bits per heavy atom. The van der Waals surface area contributed by atoms with E-state index in [2.05, 4.69) is 12.2 Å². The fourth-order valence-corrected chi connectivity index (χ4v) is 3.10. The van der Waals surface area contributed by atoms with Gasteiger partial charge in [0.15, 0.2) is 6.61 Å². The number of amides is 3. The number of anilines is 2. The van der Waals surface area contributed by atoms with E-state index in [1.54, 1.807) is 35.0 Å². The van der Waals surface area contributed by atoms with E-state index in [0.717, 1.165) is 32.4 Å². The van der Waals surface area contributed by atoms with Crippen LogP contribution in [0.15, 0.2) is 18.2 Å². The van der Waals surface area contributed by atoms with Crippen molar-refractivity contribution in [1.82, 2.24) is 4.90 Å². The zero-order chi connectivity index (χ0) is 17.8. The van der Waals surface area contributed by atoms with E-state index in [1.807, 2.05) is 0 Å². The maximum Gasteiger partial charge on any atom is 0.321 e. The van der Waals surface area contributed by atoms with Crippen molar-refractivity contribution in [3.05, 3.63) is 18.2 Å². The quantitative estimate of drug-likeness (QED) is 0.908. The van der Waals surface area contributed by atoms with Gasteiger partial charge in [0.1, 0.15) is 5.75 Å². The number of carbonyl (C=O) groups excluding carboxylic acids is 2. The van der Waals surface area contributed by atoms with E-state index in [9.17, 15) is 9.59 Å². The molecule has 0 saturated carbocycles. The number of likely N-dealkylation sites (N-methyl/N-ethyl adjacent to an activating group) is 1. The minimum absolute atomic E-state index is 0.0173. The van der Waals surface area contributed by atoms with Gasteiger partial charge in [-0.2, -0.15) is 0 Å². The van der Waals surface area contributed by atoms with Crippen LogP contribution in [-0.2, 0) is 9.53 Å². The number of nitrogens with one attached hydrogen (secondary N) is 1. The number of likely N-dealkylation sites (tertiary alicyclic amines) is 1. The monoisotopic (exact) mass is 347 g/mol. The molecule has 0 radical (unpaired) electrons. The molecule has 0 bridgehead atoms. The summed E-state index contributed by atoms with van der Waals surface area (Å²) < 4.78 is 11.2. The highest BCUT2D eigenvalue weighted by Crippen LogP contribution is 2.33. The maximum atomic E-state index is 12.5. The number of ether oxygens (including phenoxy) is 2. The van der Waals surface area contributed by atoms with E-state index in [1.165, 1.54) is 0 Å². The highest BCUT2D eigenvalue weighted by molar-refractivity contribution is 5.98. The lowest BCUT2D eigenvalue weighted by Gasteiger charge is -2.32. The topological polar surface area (TPSA) is 71.1 Å². The van der Waals surface area contributed by atoms with Crippen molar-refractivity contribution in [2.45, 2.75) is 32.3 Å². The smallest absolute Gasteiger partial charge is 0.321 e. The second kappa shape index (κ2) is 7.74. The van der Waals surface area contributed by atoms with E-state index >= 15 is 0 Å². The molecule has 7 heteroatoms. The number of rotatable bonds is 4. The summed E-state index contributed by atoms with van der Waals surface area (Å²) in [6.07, 6.45) is 3.04. The average Bonchev–Trinajstić information content (AvgIpc) is 2.63. The van der Waals surface area contributed by atoms with Gasteiger partial charge in [-0.25, -0.2) is 4.79 Å². The molecule has 2 aliphatic rings. The molecule has 0 spiro atoms. The number of carbonyl (C=O) groups is 2. The Balaban J connectivity index is 1.62. The lowest BCUT2D eigenvalue weighted by atomic mass is 10.1. The lowest BCUT2D eigenvalue weighted by molar-refractivity contribution is -0.120. The first kappa shape index (κ1) is 17.5. The average molecular weight is 347 g/mol. The van der Waals surface area contributed by atoms with Crippen LogP contribution in [-0.4, -0.2) is 56.3 Å². The van der Waals surface area contributed by atoms with Crippen molar-refractivity contribution < 1.29 is 19.1 Å². The van der Waals surface area contributed by atoms with Crippen LogP contribution in [0, 0.1) is 0 Å². The maximum absolute atomic E-state index is 12.5. The Morgan fingerprint density at radius 1 is 1.44 bits per heavy atom. The summed E-state index contributed by atoms with van der Waals surface area (Å²) in [6, 6.07) is 5.19. The molecule has 1 aromatic carbocycles. The third kappa shape index (κ3) is 4.04. The summed E-state index contributed by atoms with van der Waals surface area (Å²) in [5.74, 6) is 0.512. The molecule has 2 aliphatic heterocycles. The molecule has 0 aliphatic carbocycles. The van der Waals surface area contributed by atoms with E-state index in [0.29, 0.717) is 23.7 Å². The predicted octanol–water partition coefficient (Wildman–Crippen LogP) is 2.46. The van der Waals surface area contributed by atoms with Gasteiger partial charge in [0, 0.05) is 38.5 Å². The minimum atomic E-state index is -0.134. The molecule has 7 nitrogen and oxygen atoms in total. The standard InChI is InChI=1S/C18H25N3O4/c1-3-9-24-14-5-4-8-21(11-14)18(23)19-13-6-7-15-16(10-13)25-12-17(22)20(15)2/h6-7,10,14H,3-5,8-9,11-12H2,1-2H3,(H,19,23). The first-order chi connectivity index (χ1) is 12.1. The van der Waals surface area contributed by atoms with Crippen LogP contribution in [0.25, 0.3) is 0 Å². The number of hydrogen-bond acceptors (Lipinski definition) is 4. The molecule has 1 aromatic rings. The van der Waals surface area contributed by atoms with Crippen molar-refractivity contribution in [2.75, 3.05) is 43.6 Å². The van der Waals surface area contributed by atoms with Gasteiger partial charge in [-0.05, 0) is 31.4 Å². The number of benzene rings is 1. The van der Waals surface area contributed by atoms with Crippen molar-refractivity contribution >= 4 is 23.3 Å². The fourth-order valence-electron chi connectivity index (χ4n) is 3.10. The third-order valence-corrected chi connectivity index (χ3v) is 4.52. The molecule has 0 aromatic heterocycles. The highest BCUT2D eigenvalue weighted by atomic mass is 16.5. The zero-order valence-corrected chi connectivity index (χ0v) is 14.8. The number of urea groups is 1. The summed E-state index contributed by atoms with van der Waals surface area (Å²) in [4.78, 5) is 27.5. The van der Waals surface area contributed by atoms with Crippen LogP contribution < -0.4 is 15.0 Å². The Kier molecular flexibility index (Phi) is 5.43. The number of piperidine rings is 1. The second-order valence-electron chi connectivity index (χ2n) is 6.44. The van der Waals surface area contributed by atoms with Crippen LogP contribution in [0.4, 0.5) is 16.2 Å². The van der Waals surface area contributed by atoms with E-state index in [4.69, 9.17) is 9.47 Å². The molecule has 1 N–H and O–H groups in total. The first-order valence-corrected chi connectivity index (χ1v) is 8.79. The van der Waals surface area contributed by atoms with Gasteiger partial charge in [0.05, 0.1) is 11.8 Å². The second-order valence-corrected chi connectivity index (χ2v) is 6.44. The molecular weight excluding hydrogens is 322 g/mol. The molecule has 1 saturated heterocycles. The molecule has 2 heterocycles. The van der Waals surface area contributed by atoms with Crippen molar-refractivity contribution in [1.29, 1.82) is 0 Å². The summed E-state index contributed by atoms with van der Waals surface area (Å²) in [6.45, 7) is 4.18. The molecule has 1 fully saturated rings. The Labute approximate surface area is 147 Å². The van der Waals surface area contributed by atoms with Crippen LogP contribution in [0.1, 0.15) is 26.2 Å². The Bertz CT molecular complexity index is 649. The third-order valence-electron chi connectivity index (χ3n) is 4.52. The van der Waals surface area contributed by atoms with Gasteiger partial charge in [-0.1, -0.05) is 6.92 Å². The largest absolute Gasteiger partial charge is 0.481 e. The number of hydrogen-bond donors (Lipinski definition) is 1. The normalized spacial score (nSPS) is 20.1. The molecule has 3 rings (SSSR count). The highest BCUT2D eigenvalue weighted by Gasteiger charge is 2.25. The predicted molar refractivity (Wildman–Crippen MR) is 95.2 cm³/mol. The summed E-state index contributed by atoms with van der Waals surface area (Å²) in [5, 5.41) is 2.91. The summed E-state index contributed by atoms with van der Waals surface area (Å²) >= 11 is 0. The van der Waals surface area contributed by atoms with Gasteiger partial charge < -0.3 is 24.6 Å². The molecule has 1 atom stereocenters. The minimum Gasteiger partial charge on any atom is -0.481 e. The summed E-state index contributed by atoms with van der Waals surface area (Å²) in [7, 11) is 1.71. The van der Waals surface area contributed by atoms with Crippen molar-refractivity contribution in [2.24, 2.45) is 0 Å². The van der Waals surface area contributed by atoms with Crippen molar-refractivity contribution in [3.8, 4) is 5.75 Å². The lowest BCUT2D eigenvalue weighted by Crippen LogP contribution is -2.45. The molecule has 136 valence electrons. The van der Waals surface area contributed by atoms with Crippen LogP contribution in [0.3, 0.4) is 0 Å². The van der Waals surface area contributed by atoms with Gasteiger partial charge in [0.2, 0.25) is 0 Å². The molecular formula is C18H25N3O4. The molecule has 25 heavy (non-hydrogen) atoms. The van der Waals surface area contributed by atoms with E-state index in [-0.39, 0.29) is 24.6 Å². The van der Waals surface area contributed by atoms with Crippen LogP contribution >= 0.6 is 0 Å². The van der Waals surface area contributed by atoms with Crippen molar-refractivity contribution in [3.63, 3.8) is 0 Å². The fraction of sp³-hybridized carbons (Fsp3) is 0.556. The zero-order valence-electron chi connectivity index (χ0n) is 14.8. The Hall–Kier alpha value is -2.28. The van der Waals surface area contributed by atoms with Crippen LogP contribution in [0.2, 0.25) is 0 Å². The van der Waals surface area contributed by atoms with Crippen LogP contribution in [0.5, 0.6) is 5.75 Å². The van der Waals surface area contributed by atoms with Gasteiger partial charge >= 0.3 is 6.03 Å². The SMILES string of the molecule is CCCOC1CCCN(C(=O)Nc2ccc3c(c2)OCC(=O)N3C)C1. The first-order valence-electron chi connectivity index (χ1n) is 8.79. The van der Waals surface area contributed by atoms with Gasteiger partial charge in [0.25, 0.3) is 5.91 Å². The number of nitrogens with zero attached hydrogens (tertiary/aromatic N) is 2. The Morgan fingerprint density at radius 2 is 2.28 bits per heavy atom.